The summed E-state index contributed by atoms with van der Waals surface area (Å²) in [6.45, 7) is 1.85. The zero-order valence-corrected chi connectivity index (χ0v) is 11.1. The second-order valence-corrected chi connectivity index (χ2v) is 6.42. The summed E-state index contributed by atoms with van der Waals surface area (Å²) < 4.78 is 25.9. The van der Waals surface area contributed by atoms with Gasteiger partial charge in [-0.25, -0.2) is 8.42 Å². The molecule has 0 radical (unpaired) electrons. The van der Waals surface area contributed by atoms with Gasteiger partial charge in [0.25, 0.3) is 5.69 Å². The summed E-state index contributed by atoms with van der Waals surface area (Å²) in [5, 5.41) is 20.0. The maximum absolute atomic E-state index is 12.3. The molecule has 1 aliphatic heterocycles. The number of aryl methyl sites for hydroxylation is 1. The summed E-state index contributed by atoms with van der Waals surface area (Å²) in [6, 6.07) is 3.65. The van der Waals surface area contributed by atoms with Gasteiger partial charge in [0.1, 0.15) is 0 Å². The van der Waals surface area contributed by atoms with Gasteiger partial charge in [-0.1, -0.05) is 0 Å². The molecule has 1 fully saturated rings. The summed E-state index contributed by atoms with van der Waals surface area (Å²) >= 11 is 0. The van der Waals surface area contributed by atoms with Gasteiger partial charge in [0, 0.05) is 25.2 Å². The normalized spacial score (nSPS) is 20.6. The van der Waals surface area contributed by atoms with Crippen molar-refractivity contribution >= 4 is 15.7 Å². The Balaban J connectivity index is 2.38. The lowest BCUT2D eigenvalue weighted by Crippen LogP contribution is -2.30. The van der Waals surface area contributed by atoms with Gasteiger partial charge < -0.3 is 5.11 Å². The monoisotopic (exact) mass is 286 g/mol. The molecule has 7 nitrogen and oxygen atoms in total. The van der Waals surface area contributed by atoms with E-state index in [4.69, 9.17) is 0 Å². The van der Waals surface area contributed by atoms with Gasteiger partial charge in [-0.3, -0.25) is 10.1 Å². The highest BCUT2D eigenvalue weighted by Gasteiger charge is 2.32. The van der Waals surface area contributed by atoms with E-state index in [1.807, 2.05) is 0 Å². The van der Waals surface area contributed by atoms with Crippen molar-refractivity contribution in [1.82, 2.24) is 4.31 Å². The molecule has 0 bridgehead atoms. The maximum Gasteiger partial charge on any atom is 0.269 e. The molecule has 1 aromatic rings. The number of benzene rings is 1. The largest absolute Gasteiger partial charge is 0.392 e. The van der Waals surface area contributed by atoms with E-state index in [9.17, 15) is 23.6 Å². The first kappa shape index (κ1) is 13.9. The van der Waals surface area contributed by atoms with Gasteiger partial charge in [0.05, 0.1) is 15.9 Å². The molecule has 0 unspecified atom stereocenters. The standard InChI is InChI=1S/C11H14N2O5S/c1-8-6-9(13(15)16)2-3-11(8)19(17,18)12-5-4-10(14)7-12/h2-3,6,10,14H,4-5,7H2,1H3/t10-/m0/s1. The van der Waals surface area contributed by atoms with Crippen LogP contribution >= 0.6 is 0 Å². The number of aliphatic hydroxyl groups excluding tert-OH is 1. The van der Waals surface area contributed by atoms with Crippen molar-refractivity contribution in [2.75, 3.05) is 13.1 Å². The van der Waals surface area contributed by atoms with Crippen molar-refractivity contribution in [3.63, 3.8) is 0 Å². The molecule has 0 aliphatic carbocycles. The summed E-state index contributed by atoms with van der Waals surface area (Å²) in [7, 11) is -3.69. The summed E-state index contributed by atoms with van der Waals surface area (Å²) in [4.78, 5) is 10.1. The molecule has 19 heavy (non-hydrogen) atoms. The van der Waals surface area contributed by atoms with Gasteiger partial charge in [-0.05, 0) is 25.0 Å². The Kier molecular flexibility index (Phi) is 3.57. The number of nitro groups is 1. The quantitative estimate of drug-likeness (QED) is 0.649. The molecule has 1 N–H and O–H groups in total. The van der Waals surface area contributed by atoms with E-state index < -0.39 is 21.1 Å². The van der Waals surface area contributed by atoms with Crippen LogP contribution in [-0.2, 0) is 10.0 Å². The molecule has 2 rings (SSSR count). The topological polar surface area (TPSA) is 101 Å². The molecular weight excluding hydrogens is 272 g/mol. The Labute approximate surface area is 110 Å². The molecule has 8 heteroatoms. The Morgan fingerprint density at radius 3 is 2.63 bits per heavy atom. The van der Waals surface area contributed by atoms with Crippen molar-refractivity contribution < 1.29 is 18.4 Å². The molecule has 1 heterocycles. The van der Waals surface area contributed by atoms with Crippen LogP contribution in [0.5, 0.6) is 0 Å². The molecule has 0 aromatic heterocycles. The number of non-ortho nitro benzene ring substituents is 1. The number of nitrogens with zero attached hydrogens (tertiary/aromatic N) is 2. The molecule has 1 saturated heterocycles. The summed E-state index contributed by atoms with van der Waals surface area (Å²) in [5.74, 6) is 0. The van der Waals surface area contributed by atoms with Gasteiger partial charge in [0.2, 0.25) is 10.0 Å². The lowest BCUT2D eigenvalue weighted by Gasteiger charge is -2.17. The first-order valence-corrected chi connectivity index (χ1v) is 7.19. The van der Waals surface area contributed by atoms with Crippen LogP contribution < -0.4 is 0 Å². The Bertz CT molecular complexity index is 614. The Hall–Kier alpha value is -1.51. The SMILES string of the molecule is Cc1cc([N+](=O)[O-])ccc1S(=O)(=O)N1CC[C@H](O)C1. The first-order valence-electron chi connectivity index (χ1n) is 5.75. The first-order chi connectivity index (χ1) is 8.82. The fraction of sp³-hybridized carbons (Fsp3) is 0.455. The van der Waals surface area contributed by atoms with Crippen molar-refractivity contribution in [3.05, 3.63) is 33.9 Å². The number of nitro benzene ring substituents is 1. The molecule has 0 saturated carbocycles. The Morgan fingerprint density at radius 1 is 1.47 bits per heavy atom. The van der Waals surface area contributed by atoms with E-state index in [0.717, 1.165) is 0 Å². The molecule has 1 aromatic carbocycles. The number of aliphatic hydroxyl groups is 1. The molecule has 1 aliphatic rings. The lowest BCUT2D eigenvalue weighted by molar-refractivity contribution is -0.385. The number of sulfonamides is 1. The molecule has 0 amide bonds. The maximum atomic E-state index is 12.3. The van der Waals surface area contributed by atoms with Crippen LogP contribution in [0.4, 0.5) is 5.69 Å². The van der Waals surface area contributed by atoms with Gasteiger partial charge in [-0.2, -0.15) is 4.31 Å². The second-order valence-electron chi connectivity index (χ2n) is 4.51. The van der Waals surface area contributed by atoms with Crippen LogP contribution in [0.3, 0.4) is 0 Å². The second kappa shape index (κ2) is 4.87. The average molecular weight is 286 g/mol. The van der Waals surface area contributed by atoms with Crippen molar-refractivity contribution in [2.45, 2.75) is 24.3 Å². The van der Waals surface area contributed by atoms with Crippen LogP contribution in [0.1, 0.15) is 12.0 Å². The van der Waals surface area contributed by atoms with Gasteiger partial charge in [0.15, 0.2) is 0 Å². The highest BCUT2D eigenvalue weighted by molar-refractivity contribution is 7.89. The minimum atomic E-state index is -3.69. The number of β-amino-alcohol motifs (C(OH)–C–C–N with tert-alkyl or cyclic N) is 1. The van der Waals surface area contributed by atoms with Crippen molar-refractivity contribution in [2.24, 2.45) is 0 Å². The van der Waals surface area contributed by atoms with E-state index >= 15 is 0 Å². The average Bonchev–Trinajstić information content (AvgIpc) is 2.76. The molecule has 0 spiro atoms. The van der Waals surface area contributed by atoms with Crippen molar-refractivity contribution in [3.8, 4) is 0 Å². The zero-order valence-electron chi connectivity index (χ0n) is 10.3. The number of hydrogen-bond donors (Lipinski definition) is 1. The van der Waals surface area contributed by atoms with Crippen LogP contribution in [0.25, 0.3) is 0 Å². The third-order valence-electron chi connectivity index (χ3n) is 3.11. The predicted octanol–water partition coefficient (Wildman–Crippen LogP) is 0.659. The highest BCUT2D eigenvalue weighted by Crippen LogP contribution is 2.26. The summed E-state index contributed by atoms with van der Waals surface area (Å²) in [5.41, 5.74) is 0.188. The van der Waals surface area contributed by atoms with E-state index in [0.29, 0.717) is 12.0 Å². The molecule has 1 atom stereocenters. The van der Waals surface area contributed by atoms with Crippen LogP contribution in [0.2, 0.25) is 0 Å². The van der Waals surface area contributed by atoms with Crippen LogP contribution in [0, 0.1) is 17.0 Å². The third kappa shape index (κ3) is 2.60. The smallest absolute Gasteiger partial charge is 0.269 e. The fourth-order valence-electron chi connectivity index (χ4n) is 2.10. The predicted molar refractivity (Wildman–Crippen MR) is 67.2 cm³/mol. The van der Waals surface area contributed by atoms with E-state index in [1.165, 1.54) is 29.4 Å². The number of hydrogen-bond acceptors (Lipinski definition) is 5. The van der Waals surface area contributed by atoms with E-state index in [2.05, 4.69) is 0 Å². The molecule has 104 valence electrons. The highest BCUT2D eigenvalue weighted by atomic mass is 32.2. The zero-order chi connectivity index (χ0) is 14.2. The fourth-order valence-corrected chi connectivity index (χ4v) is 3.80. The van der Waals surface area contributed by atoms with Gasteiger partial charge >= 0.3 is 0 Å². The van der Waals surface area contributed by atoms with E-state index in [-0.39, 0.29) is 23.7 Å². The third-order valence-corrected chi connectivity index (χ3v) is 5.14. The van der Waals surface area contributed by atoms with Crippen molar-refractivity contribution in [1.29, 1.82) is 0 Å². The van der Waals surface area contributed by atoms with Gasteiger partial charge in [-0.15, -0.1) is 0 Å². The van der Waals surface area contributed by atoms with Crippen LogP contribution in [0.15, 0.2) is 23.1 Å². The Morgan fingerprint density at radius 2 is 2.16 bits per heavy atom. The van der Waals surface area contributed by atoms with Crippen LogP contribution in [-0.4, -0.2) is 41.9 Å². The minimum Gasteiger partial charge on any atom is -0.392 e. The number of rotatable bonds is 3. The minimum absolute atomic E-state index is 0.0483. The molecular formula is C11H14N2O5S. The lowest BCUT2D eigenvalue weighted by atomic mass is 10.2. The summed E-state index contributed by atoms with van der Waals surface area (Å²) in [6.07, 6.45) is -0.237. The van der Waals surface area contributed by atoms with E-state index in [1.54, 1.807) is 0 Å².